The molecule has 0 aliphatic heterocycles. The van der Waals surface area contributed by atoms with Crippen molar-refractivity contribution in [3.63, 3.8) is 0 Å². The first-order valence-electron chi connectivity index (χ1n) is 8.58. The molecule has 3 aromatic rings. The van der Waals surface area contributed by atoms with Gasteiger partial charge in [0.2, 0.25) is 5.13 Å². The minimum absolute atomic E-state index is 0.433. The van der Waals surface area contributed by atoms with E-state index in [-0.39, 0.29) is 0 Å². The fraction of sp³-hybridized carbons (Fsp3) is 0.412. The van der Waals surface area contributed by atoms with Crippen molar-refractivity contribution in [1.82, 2.24) is 20.3 Å². The van der Waals surface area contributed by atoms with Gasteiger partial charge in [0.15, 0.2) is 10.2 Å². The van der Waals surface area contributed by atoms with Gasteiger partial charge in [-0.05, 0) is 25.0 Å². The minimum Gasteiger partial charge on any atom is -0.357 e. The number of aromatic nitrogens is 4. The number of halogens is 1. The van der Waals surface area contributed by atoms with Crippen molar-refractivity contribution in [3.8, 4) is 11.5 Å². The van der Waals surface area contributed by atoms with Crippen LogP contribution in [0.25, 0.3) is 11.5 Å². The molecule has 0 amide bonds. The standard InChI is InChI=1S/C17H18ClN5OS2/c18-13-9-5-4-8-12(13)15-20-14(23-24-15)10-25-17-22-21-16(26-17)19-11-6-2-1-3-7-11/h4-5,8-9,11H,1-3,6-7,10H2,(H,19,21). The average Bonchev–Trinajstić information content (AvgIpc) is 3.31. The van der Waals surface area contributed by atoms with Gasteiger partial charge in [0.05, 0.1) is 16.3 Å². The molecule has 2 aromatic heterocycles. The van der Waals surface area contributed by atoms with Crippen LogP contribution in [0, 0.1) is 0 Å². The fourth-order valence-electron chi connectivity index (χ4n) is 2.93. The Morgan fingerprint density at radius 1 is 1.19 bits per heavy atom. The molecule has 9 heteroatoms. The number of nitrogens with zero attached hydrogens (tertiary/aromatic N) is 4. The first-order valence-corrected chi connectivity index (χ1v) is 10.8. The van der Waals surface area contributed by atoms with Crippen LogP contribution in [0.2, 0.25) is 5.02 Å². The van der Waals surface area contributed by atoms with Gasteiger partial charge >= 0.3 is 0 Å². The summed E-state index contributed by atoms with van der Waals surface area (Å²) in [4.78, 5) is 4.41. The van der Waals surface area contributed by atoms with E-state index in [1.165, 1.54) is 32.1 Å². The molecule has 0 unspecified atom stereocenters. The van der Waals surface area contributed by atoms with Crippen LogP contribution < -0.4 is 5.32 Å². The zero-order valence-electron chi connectivity index (χ0n) is 14.0. The zero-order chi connectivity index (χ0) is 17.8. The third-order valence-electron chi connectivity index (χ3n) is 4.24. The first kappa shape index (κ1) is 17.8. The van der Waals surface area contributed by atoms with Gasteiger partial charge in [-0.15, -0.1) is 10.2 Å². The summed E-state index contributed by atoms with van der Waals surface area (Å²) in [7, 11) is 0. The van der Waals surface area contributed by atoms with Crippen LogP contribution in [0.1, 0.15) is 37.9 Å². The third kappa shape index (κ3) is 4.36. The van der Waals surface area contributed by atoms with Gasteiger partial charge in [-0.3, -0.25) is 0 Å². The molecular formula is C17H18ClN5OS2. The van der Waals surface area contributed by atoms with Crippen molar-refractivity contribution >= 4 is 39.8 Å². The summed E-state index contributed by atoms with van der Waals surface area (Å²) in [6, 6.07) is 7.96. The molecule has 1 aliphatic rings. The van der Waals surface area contributed by atoms with E-state index in [0.717, 1.165) is 15.0 Å². The first-order chi connectivity index (χ1) is 12.8. The normalized spacial score (nSPS) is 15.3. The van der Waals surface area contributed by atoms with Crippen LogP contribution in [0.15, 0.2) is 33.1 Å². The van der Waals surface area contributed by atoms with E-state index in [2.05, 4.69) is 25.7 Å². The van der Waals surface area contributed by atoms with Crippen LogP contribution >= 0.6 is 34.7 Å². The van der Waals surface area contributed by atoms with E-state index in [1.807, 2.05) is 18.2 Å². The van der Waals surface area contributed by atoms with Gasteiger partial charge in [-0.1, -0.05) is 71.3 Å². The number of benzene rings is 1. The predicted molar refractivity (Wildman–Crippen MR) is 105 cm³/mol. The summed E-state index contributed by atoms with van der Waals surface area (Å²) < 4.78 is 6.22. The summed E-state index contributed by atoms with van der Waals surface area (Å²) in [6.07, 6.45) is 6.37. The van der Waals surface area contributed by atoms with Gasteiger partial charge in [0.25, 0.3) is 5.89 Å². The number of hydrogen-bond donors (Lipinski definition) is 1. The Balaban J connectivity index is 1.34. The fourth-order valence-corrected chi connectivity index (χ4v) is 4.82. The van der Waals surface area contributed by atoms with Crippen LogP contribution in [0.5, 0.6) is 0 Å². The Hall–Kier alpha value is -1.64. The molecule has 0 spiro atoms. The third-order valence-corrected chi connectivity index (χ3v) is 6.55. The summed E-state index contributed by atoms with van der Waals surface area (Å²) in [5.74, 6) is 1.62. The molecule has 1 fully saturated rings. The summed E-state index contributed by atoms with van der Waals surface area (Å²) in [5.41, 5.74) is 0.743. The maximum absolute atomic E-state index is 6.17. The van der Waals surface area contributed by atoms with E-state index in [4.69, 9.17) is 16.1 Å². The minimum atomic E-state index is 0.433. The number of rotatable bonds is 6. The molecule has 0 bridgehead atoms. The number of anilines is 1. The second-order valence-electron chi connectivity index (χ2n) is 6.14. The van der Waals surface area contributed by atoms with Crippen molar-refractivity contribution in [2.24, 2.45) is 0 Å². The Morgan fingerprint density at radius 3 is 2.88 bits per heavy atom. The molecule has 26 heavy (non-hydrogen) atoms. The summed E-state index contributed by atoms with van der Waals surface area (Å²) in [5, 5.41) is 17.5. The Morgan fingerprint density at radius 2 is 2.04 bits per heavy atom. The highest BCUT2D eigenvalue weighted by Gasteiger charge is 2.16. The molecule has 1 aliphatic carbocycles. The maximum atomic E-state index is 6.17. The van der Waals surface area contributed by atoms with E-state index >= 15 is 0 Å². The molecule has 1 saturated carbocycles. The number of nitrogens with one attached hydrogen (secondary N) is 1. The van der Waals surface area contributed by atoms with E-state index in [9.17, 15) is 0 Å². The van der Waals surface area contributed by atoms with Gasteiger partial charge in [-0.2, -0.15) is 4.98 Å². The molecule has 6 nitrogen and oxygen atoms in total. The highest BCUT2D eigenvalue weighted by molar-refractivity contribution is 8.00. The van der Waals surface area contributed by atoms with E-state index in [1.54, 1.807) is 29.2 Å². The molecule has 1 aromatic carbocycles. The predicted octanol–water partition coefficient (Wildman–Crippen LogP) is 5.28. The second kappa shape index (κ2) is 8.37. The van der Waals surface area contributed by atoms with Crippen LogP contribution in [0.3, 0.4) is 0 Å². The lowest BCUT2D eigenvalue weighted by Gasteiger charge is -2.21. The van der Waals surface area contributed by atoms with Crippen molar-refractivity contribution in [2.45, 2.75) is 48.2 Å². The smallest absolute Gasteiger partial charge is 0.259 e. The summed E-state index contributed by atoms with van der Waals surface area (Å²) >= 11 is 9.30. The van der Waals surface area contributed by atoms with E-state index < -0.39 is 0 Å². The van der Waals surface area contributed by atoms with Crippen LogP contribution in [0.4, 0.5) is 5.13 Å². The van der Waals surface area contributed by atoms with Gasteiger partial charge < -0.3 is 9.84 Å². The van der Waals surface area contributed by atoms with Crippen LogP contribution in [-0.2, 0) is 5.75 Å². The van der Waals surface area contributed by atoms with Gasteiger partial charge in [0.1, 0.15) is 0 Å². The highest BCUT2D eigenvalue weighted by Crippen LogP contribution is 2.31. The monoisotopic (exact) mass is 407 g/mol. The van der Waals surface area contributed by atoms with Crippen LogP contribution in [-0.4, -0.2) is 26.4 Å². The van der Waals surface area contributed by atoms with Gasteiger partial charge in [0, 0.05) is 6.04 Å². The van der Waals surface area contributed by atoms with Gasteiger partial charge in [-0.25, -0.2) is 0 Å². The zero-order valence-corrected chi connectivity index (χ0v) is 16.4. The largest absolute Gasteiger partial charge is 0.357 e. The average molecular weight is 408 g/mol. The SMILES string of the molecule is Clc1ccccc1-c1nc(CSc2nnc(NC3CCCCC3)s2)no1. The molecule has 0 saturated heterocycles. The molecule has 2 heterocycles. The van der Waals surface area contributed by atoms with Crippen molar-refractivity contribution in [2.75, 3.05) is 5.32 Å². The Labute approximate surface area is 164 Å². The Bertz CT molecular complexity index is 862. The van der Waals surface area contributed by atoms with Crippen molar-refractivity contribution in [1.29, 1.82) is 0 Å². The lowest BCUT2D eigenvalue weighted by Crippen LogP contribution is -2.21. The Kier molecular flexibility index (Phi) is 5.72. The molecule has 1 N–H and O–H groups in total. The molecule has 0 atom stereocenters. The molecule has 4 rings (SSSR count). The van der Waals surface area contributed by atoms with Crippen molar-refractivity contribution in [3.05, 3.63) is 35.1 Å². The lowest BCUT2D eigenvalue weighted by molar-refractivity contribution is 0.425. The number of hydrogen-bond acceptors (Lipinski definition) is 8. The second-order valence-corrected chi connectivity index (χ2v) is 8.74. The van der Waals surface area contributed by atoms with Crippen molar-refractivity contribution < 1.29 is 4.52 Å². The highest BCUT2D eigenvalue weighted by atomic mass is 35.5. The maximum Gasteiger partial charge on any atom is 0.259 e. The molecular weight excluding hydrogens is 390 g/mol. The molecule has 0 radical (unpaired) electrons. The number of thioether (sulfide) groups is 1. The van der Waals surface area contributed by atoms with E-state index in [0.29, 0.717) is 28.5 Å². The quantitative estimate of drug-likeness (QED) is 0.557. The molecule has 136 valence electrons. The topological polar surface area (TPSA) is 76.7 Å². The lowest BCUT2D eigenvalue weighted by atomic mass is 9.96. The summed E-state index contributed by atoms with van der Waals surface area (Å²) in [6.45, 7) is 0.